The lowest BCUT2D eigenvalue weighted by atomic mass is 9.87. The highest BCUT2D eigenvalue weighted by Gasteiger charge is 2.81. The van der Waals surface area contributed by atoms with E-state index in [0.717, 1.165) is 24.2 Å². The van der Waals surface area contributed by atoms with Crippen LogP contribution in [-0.4, -0.2) is 36.5 Å². The highest BCUT2D eigenvalue weighted by atomic mass is 19.3. The highest BCUT2D eigenvalue weighted by molar-refractivity contribution is 5.74. The van der Waals surface area contributed by atoms with Crippen molar-refractivity contribution >= 4 is 11.7 Å². The summed E-state index contributed by atoms with van der Waals surface area (Å²) in [5, 5.41) is 6.18. The molecular weight excluding hydrogens is 372 g/mol. The highest BCUT2D eigenvalue weighted by Crippen LogP contribution is 2.70. The van der Waals surface area contributed by atoms with Gasteiger partial charge in [-0.1, -0.05) is 49.4 Å². The summed E-state index contributed by atoms with van der Waals surface area (Å²) in [7, 11) is 0. The Balaban J connectivity index is 1.34. The van der Waals surface area contributed by atoms with Crippen molar-refractivity contribution in [1.29, 1.82) is 0 Å². The molecule has 2 N–H and O–H groups in total. The number of fused-ring (bicyclic) bond motifs is 1. The Hall–Kier alpha value is -2.63. The average Bonchev–Trinajstić information content (AvgIpc) is 3.27. The van der Waals surface area contributed by atoms with Gasteiger partial charge in [-0.3, -0.25) is 0 Å². The van der Waals surface area contributed by atoms with Crippen LogP contribution in [-0.2, 0) is 12.0 Å². The molecule has 0 bridgehead atoms. The lowest BCUT2D eigenvalue weighted by Gasteiger charge is -2.30. The summed E-state index contributed by atoms with van der Waals surface area (Å²) in [4.78, 5) is 14.1. The van der Waals surface area contributed by atoms with Gasteiger partial charge < -0.3 is 15.5 Å². The summed E-state index contributed by atoms with van der Waals surface area (Å²) < 4.78 is 29.4. The van der Waals surface area contributed by atoms with E-state index in [1.165, 1.54) is 4.90 Å². The lowest BCUT2D eigenvalue weighted by molar-refractivity contribution is 0.0776. The molecular formula is C23H27F2N3O. The first kappa shape index (κ1) is 19.7. The molecule has 2 aromatic rings. The third-order valence-corrected chi connectivity index (χ3v) is 6.28. The summed E-state index contributed by atoms with van der Waals surface area (Å²) in [5.74, 6) is -3.56. The zero-order valence-electron chi connectivity index (χ0n) is 16.6. The molecule has 4 rings (SSSR count). The summed E-state index contributed by atoms with van der Waals surface area (Å²) >= 11 is 0. The van der Waals surface area contributed by atoms with Crippen molar-refractivity contribution in [3.63, 3.8) is 0 Å². The van der Waals surface area contributed by atoms with Crippen molar-refractivity contribution < 1.29 is 13.6 Å². The number of alkyl halides is 2. The van der Waals surface area contributed by atoms with Crippen molar-refractivity contribution in [3.05, 3.63) is 65.7 Å². The van der Waals surface area contributed by atoms with E-state index in [1.807, 2.05) is 30.3 Å². The Morgan fingerprint density at radius 1 is 1.14 bits per heavy atom. The third kappa shape index (κ3) is 3.45. The molecule has 4 nitrogen and oxygen atoms in total. The molecule has 2 unspecified atom stereocenters. The quantitative estimate of drug-likeness (QED) is 0.744. The maximum atomic E-state index is 14.7. The van der Waals surface area contributed by atoms with E-state index < -0.39 is 17.3 Å². The number of halogens is 2. The van der Waals surface area contributed by atoms with Gasteiger partial charge in [-0.15, -0.1) is 0 Å². The van der Waals surface area contributed by atoms with Crippen LogP contribution in [0.5, 0.6) is 0 Å². The van der Waals surface area contributed by atoms with Crippen LogP contribution in [0, 0.1) is 5.92 Å². The van der Waals surface area contributed by atoms with Crippen molar-refractivity contribution in [2.24, 2.45) is 5.92 Å². The number of carbonyl (C=O) groups is 1. The normalized spacial score (nSPS) is 24.5. The van der Waals surface area contributed by atoms with Crippen LogP contribution in [0.15, 0.2) is 54.6 Å². The van der Waals surface area contributed by atoms with Crippen LogP contribution >= 0.6 is 0 Å². The molecule has 2 fully saturated rings. The minimum absolute atomic E-state index is 0.0909. The number of anilines is 1. The van der Waals surface area contributed by atoms with E-state index in [0.29, 0.717) is 25.1 Å². The van der Waals surface area contributed by atoms with E-state index >= 15 is 0 Å². The van der Waals surface area contributed by atoms with Crippen molar-refractivity contribution in [2.75, 3.05) is 25.0 Å². The second kappa shape index (κ2) is 7.65. The van der Waals surface area contributed by atoms with E-state index in [2.05, 4.69) is 17.6 Å². The number of piperidine rings is 1. The predicted octanol–water partition coefficient (Wildman–Crippen LogP) is 4.63. The molecule has 0 aromatic heterocycles. The third-order valence-electron chi connectivity index (χ3n) is 6.28. The maximum absolute atomic E-state index is 14.7. The smallest absolute Gasteiger partial charge is 0.317 e. The molecule has 6 heteroatoms. The largest absolute Gasteiger partial charge is 0.385 e. The number of likely N-dealkylation sites (tertiary alicyclic amines) is 1. The van der Waals surface area contributed by atoms with Gasteiger partial charge in [0.05, 0.1) is 11.3 Å². The topological polar surface area (TPSA) is 44.4 Å². The number of hydrogen-bond acceptors (Lipinski definition) is 2. The fraction of sp³-hybridized carbons (Fsp3) is 0.435. The summed E-state index contributed by atoms with van der Waals surface area (Å²) in [5.41, 5.74) is 1.61. The molecule has 2 aliphatic rings. The molecule has 0 spiro atoms. The van der Waals surface area contributed by atoms with Gasteiger partial charge in [0.1, 0.15) is 0 Å². The minimum atomic E-state index is -2.76. The summed E-state index contributed by atoms with van der Waals surface area (Å²) in [6.07, 6.45) is 1.35. The van der Waals surface area contributed by atoms with Gasteiger partial charge in [-0.2, -0.15) is 0 Å². The number of nitrogens with one attached hydrogen (secondary N) is 2. The van der Waals surface area contributed by atoms with Gasteiger partial charge in [0.15, 0.2) is 0 Å². The van der Waals surface area contributed by atoms with Crippen molar-refractivity contribution in [3.8, 4) is 0 Å². The Kier molecular flexibility index (Phi) is 5.19. The lowest BCUT2D eigenvalue weighted by Crippen LogP contribution is -2.45. The van der Waals surface area contributed by atoms with Crippen molar-refractivity contribution in [2.45, 2.75) is 37.6 Å². The molecule has 2 amide bonds. The van der Waals surface area contributed by atoms with E-state index in [-0.39, 0.29) is 12.6 Å². The zero-order chi connectivity index (χ0) is 20.5. The fourth-order valence-corrected chi connectivity index (χ4v) is 4.52. The molecule has 2 aromatic carbocycles. The SMILES string of the molecule is CCCNc1ccc(CNC(=O)N2CCC3(c4ccccc4)C(C2)C3(F)F)cc1. The van der Waals surface area contributed by atoms with Gasteiger partial charge in [-0.25, -0.2) is 13.6 Å². The van der Waals surface area contributed by atoms with Crippen LogP contribution < -0.4 is 10.6 Å². The maximum Gasteiger partial charge on any atom is 0.317 e. The van der Waals surface area contributed by atoms with Gasteiger partial charge in [0.25, 0.3) is 5.92 Å². The summed E-state index contributed by atoms with van der Waals surface area (Å²) in [6, 6.07) is 16.6. The van der Waals surface area contributed by atoms with Crippen LogP contribution in [0.1, 0.15) is 30.9 Å². The van der Waals surface area contributed by atoms with Gasteiger partial charge >= 0.3 is 6.03 Å². The number of carbonyl (C=O) groups excluding carboxylic acids is 1. The molecule has 2 atom stereocenters. The first-order valence-corrected chi connectivity index (χ1v) is 10.3. The number of urea groups is 1. The average molecular weight is 399 g/mol. The second-order valence-electron chi connectivity index (χ2n) is 7.99. The number of amides is 2. The number of rotatable bonds is 6. The molecule has 1 saturated carbocycles. The standard InChI is InChI=1S/C23H27F2N3O/c1-2-13-26-19-10-8-17(9-11-19)15-27-21(29)28-14-12-22(18-6-4-3-5-7-18)20(16-28)23(22,24)25/h3-11,20,26H,2,12-16H2,1H3,(H,27,29). The molecule has 0 radical (unpaired) electrons. The van der Waals surface area contributed by atoms with Crippen LogP contribution in [0.4, 0.5) is 19.3 Å². The minimum Gasteiger partial charge on any atom is -0.385 e. The van der Waals surface area contributed by atoms with Crippen molar-refractivity contribution in [1.82, 2.24) is 10.2 Å². The molecule has 1 heterocycles. The number of benzene rings is 2. The van der Waals surface area contributed by atoms with Crippen LogP contribution in [0.2, 0.25) is 0 Å². The Morgan fingerprint density at radius 3 is 2.52 bits per heavy atom. The van der Waals surface area contributed by atoms with E-state index in [1.54, 1.807) is 24.3 Å². The first-order valence-electron chi connectivity index (χ1n) is 10.3. The van der Waals surface area contributed by atoms with Gasteiger partial charge in [0.2, 0.25) is 0 Å². The number of hydrogen-bond donors (Lipinski definition) is 2. The molecule has 1 aliphatic heterocycles. The van der Waals surface area contributed by atoms with Crippen LogP contribution in [0.25, 0.3) is 0 Å². The Morgan fingerprint density at radius 2 is 1.86 bits per heavy atom. The first-order chi connectivity index (χ1) is 14.0. The molecule has 29 heavy (non-hydrogen) atoms. The van der Waals surface area contributed by atoms with Gasteiger partial charge in [0, 0.05) is 31.9 Å². The number of nitrogens with zero attached hydrogens (tertiary/aromatic N) is 1. The Labute approximate surface area is 170 Å². The molecule has 1 aliphatic carbocycles. The Bertz CT molecular complexity index is 856. The predicted molar refractivity (Wildman–Crippen MR) is 110 cm³/mol. The second-order valence-corrected chi connectivity index (χ2v) is 7.99. The summed E-state index contributed by atoms with van der Waals surface area (Å²) in [6.45, 7) is 3.84. The van der Waals surface area contributed by atoms with Crippen LogP contribution in [0.3, 0.4) is 0 Å². The van der Waals surface area contributed by atoms with E-state index in [4.69, 9.17) is 0 Å². The fourth-order valence-electron chi connectivity index (χ4n) is 4.52. The zero-order valence-corrected chi connectivity index (χ0v) is 16.6. The molecule has 1 saturated heterocycles. The molecule has 154 valence electrons. The monoisotopic (exact) mass is 399 g/mol. The van der Waals surface area contributed by atoms with E-state index in [9.17, 15) is 13.6 Å². The van der Waals surface area contributed by atoms with Gasteiger partial charge in [-0.05, 0) is 36.1 Å².